The van der Waals surface area contributed by atoms with Crippen molar-refractivity contribution in [2.75, 3.05) is 6.54 Å². The van der Waals surface area contributed by atoms with Crippen molar-refractivity contribution in [3.63, 3.8) is 0 Å². The van der Waals surface area contributed by atoms with E-state index in [0.717, 1.165) is 25.7 Å². The van der Waals surface area contributed by atoms with Gasteiger partial charge in [0.15, 0.2) is 11.3 Å². The maximum Gasteiger partial charge on any atom is 0.245 e. The van der Waals surface area contributed by atoms with Crippen molar-refractivity contribution < 1.29 is 9.59 Å². The van der Waals surface area contributed by atoms with Crippen LogP contribution in [0.15, 0.2) is 0 Å². The topological polar surface area (TPSA) is 112 Å². The molecule has 1 amide bonds. The normalized spacial score (nSPS) is 14.5. The monoisotopic (exact) mass is 257 g/mol. The summed E-state index contributed by atoms with van der Waals surface area (Å²) in [5.74, 6) is -1.12. The fourth-order valence-electron chi connectivity index (χ4n) is 2.22. The summed E-state index contributed by atoms with van der Waals surface area (Å²) in [6, 6.07) is 0. The third kappa shape index (κ3) is 4.38. The van der Waals surface area contributed by atoms with Crippen LogP contribution in [0.4, 0.5) is 0 Å². The van der Waals surface area contributed by atoms with Crippen molar-refractivity contribution in [1.82, 2.24) is 0 Å². The van der Waals surface area contributed by atoms with E-state index in [1.807, 2.05) is 13.8 Å². The van der Waals surface area contributed by atoms with Crippen molar-refractivity contribution in [3.05, 3.63) is 0 Å². The molecule has 0 aliphatic heterocycles. The van der Waals surface area contributed by atoms with Gasteiger partial charge in [0.2, 0.25) is 5.91 Å². The number of carbonyl (C=O) groups is 2. The van der Waals surface area contributed by atoms with E-state index < -0.39 is 11.4 Å². The first-order valence-corrected chi connectivity index (χ1v) is 6.77. The molecule has 0 aromatic rings. The molecule has 5 heteroatoms. The van der Waals surface area contributed by atoms with Crippen LogP contribution in [0.25, 0.3) is 0 Å². The molecule has 0 saturated heterocycles. The minimum absolute atomic E-state index is 0.171. The zero-order valence-corrected chi connectivity index (χ0v) is 11.6. The van der Waals surface area contributed by atoms with Crippen LogP contribution >= 0.6 is 0 Å². The standard InChI is InChI=1S/C13H27N3O2/c1-3-6-10(7-4-2)11(17)13(16,12(15)18)8-5-9-14/h10H,3-9,14,16H2,1-2H3,(H2,15,18)/t13-/m1/s1. The molecule has 0 spiro atoms. The molecule has 0 fully saturated rings. The van der Waals surface area contributed by atoms with Crippen LogP contribution in [-0.4, -0.2) is 23.8 Å². The summed E-state index contributed by atoms with van der Waals surface area (Å²) in [6.45, 7) is 4.42. The average molecular weight is 257 g/mol. The van der Waals surface area contributed by atoms with Gasteiger partial charge in [0, 0.05) is 5.92 Å². The summed E-state index contributed by atoms with van der Waals surface area (Å²) in [5, 5.41) is 0. The molecule has 106 valence electrons. The van der Waals surface area contributed by atoms with Crippen LogP contribution in [-0.2, 0) is 9.59 Å². The molecule has 0 heterocycles. The van der Waals surface area contributed by atoms with E-state index in [1.54, 1.807) is 0 Å². The average Bonchev–Trinajstić information content (AvgIpc) is 2.34. The van der Waals surface area contributed by atoms with Gasteiger partial charge in [-0.3, -0.25) is 9.59 Å². The van der Waals surface area contributed by atoms with Crippen LogP contribution in [0.3, 0.4) is 0 Å². The molecule has 0 aliphatic carbocycles. The van der Waals surface area contributed by atoms with Gasteiger partial charge in [0.1, 0.15) is 0 Å². The molecular weight excluding hydrogens is 230 g/mol. The summed E-state index contributed by atoms with van der Waals surface area (Å²) in [6.07, 6.45) is 4.05. The zero-order valence-electron chi connectivity index (χ0n) is 11.6. The molecule has 1 atom stereocenters. The first-order valence-electron chi connectivity index (χ1n) is 6.77. The lowest BCUT2D eigenvalue weighted by atomic mass is 9.79. The lowest BCUT2D eigenvalue weighted by Gasteiger charge is -2.28. The summed E-state index contributed by atoms with van der Waals surface area (Å²) < 4.78 is 0. The van der Waals surface area contributed by atoms with Crippen molar-refractivity contribution in [2.45, 2.75) is 57.9 Å². The number of hydrogen-bond donors (Lipinski definition) is 3. The van der Waals surface area contributed by atoms with Gasteiger partial charge in [-0.15, -0.1) is 0 Å². The van der Waals surface area contributed by atoms with E-state index in [-0.39, 0.29) is 18.1 Å². The van der Waals surface area contributed by atoms with Crippen LogP contribution in [0, 0.1) is 5.92 Å². The van der Waals surface area contributed by atoms with Crippen molar-refractivity contribution >= 4 is 11.7 Å². The molecule has 0 saturated carbocycles. The van der Waals surface area contributed by atoms with Gasteiger partial charge in [-0.1, -0.05) is 26.7 Å². The molecule has 0 rings (SSSR count). The Kier molecular flexibility index (Phi) is 7.78. The Hall–Kier alpha value is -0.940. The number of ketones is 1. The van der Waals surface area contributed by atoms with Crippen molar-refractivity contribution in [2.24, 2.45) is 23.1 Å². The molecule has 0 unspecified atom stereocenters. The van der Waals surface area contributed by atoms with Gasteiger partial charge in [-0.25, -0.2) is 0 Å². The predicted octanol–water partition coefficient (Wildman–Crippen LogP) is 0.694. The van der Waals surface area contributed by atoms with E-state index in [4.69, 9.17) is 17.2 Å². The maximum atomic E-state index is 12.4. The molecule has 0 aromatic heterocycles. The summed E-state index contributed by atoms with van der Waals surface area (Å²) in [4.78, 5) is 23.9. The van der Waals surface area contributed by atoms with E-state index in [1.165, 1.54) is 0 Å². The van der Waals surface area contributed by atoms with E-state index in [0.29, 0.717) is 13.0 Å². The van der Waals surface area contributed by atoms with Gasteiger partial charge in [-0.05, 0) is 32.2 Å². The second-order valence-electron chi connectivity index (χ2n) is 4.87. The molecule has 0 radical (unpaired) electrons. The Balaban J connectivity index is 4.96. The number of amides is 1. The fraction of sp³-hybridized carbons (Fsp3) is 0.846. The fourth-order valence-corrected chi connectivity index (χ4v) is 2.22. The van der Waals surface area contributed by atoms with Crippen LogP contribution in [0.1, 0.15) is 52.4 Å². The Bertz CT molecular complexity index is 275. The lowest BCUT2D eigenvalue weighted by molar-refractivity contribution is -0.137. The second-order valence-corrected chi connectivity index (χ2v) is 4.87. The van der Waals surface area contributed by atoms with Crippen molar-refractivity contribution in [1.29, 1.82) is 0 Å². The third-order valence-electron chi connectivity index (χ3n) is 3.30. The summed E-state index contributed by atoms with van der Waals surface area (Å²) in [7, 11) is 0. The highest BCUT2D eigenvalue weighted by molar-refractivity contribution is 6.10. The third-order valence-corrected chi connectivity index (χ3v) is 3.30. The number of rotatable bonds is 10. The zero-order chi connectivity index (χ0) is 14.2. The van der Waals surface area contributed by atoms with Gasteiger partial charge in [0.25, 0.3) is 0 Å². The molecule has 18 heavy (non-hydrogen) atoms. The van der Waals surface area contributed by atoms with E-state index in [2.05, 4.69) is 0 Å². The quantitative estimate of drug-likeness (QED) is 0.500. The van der Waals surface area contributed by atoms with E-state index >= 15 is 0 Å². The molecule has 0 aliphatic rings. The van der Waals surface area contributed by atoms with E-state index in [9.17, 15) is 9.59 Å². The Morgan fingerprint density at radius 1 is 1.17 bits per heavy atom. The highest BCUT2D eigenvalue weighted by Crippen LogP contribution is 2.23. The highest BCUT2D eigenvalue weighted by atomic mass is 16.2. The Labute approximate surface area is 109 Å². The summed E-state index contributed by atoms with van der Waals surface area (Å²) in [5.41, 5.74) is 15.1. The van der Waals surface area contributed by atoms with Crippen LogP contribution < -0.4 is 17.2 Å². The molecule has 6 N–H and O–H groups in total. The van der Waals surface area contributed by atoms with Gasteiger partial charge >= 0.3 is 0 Å². The molecule has 0 aromatic carbocycles. The predicted molar refractivity (Wildman–Crippen MR) is 72.7 cm³/mol. The smallest absolute Gasteiger partial charge is 0.245 e. The number of nitrogens with two attached hydrogens (primary N) is 3. The largest absolute Gasteiger partial charge is 0.368 e. The number of hydrogen-bond acceptors (Lipinski definition) is 4. The molecular formula is C13H27N3O2. The SMILES string of the molecule is CCCC(CCC)C(=O)[C@](N)(CCCN)C(N)=O. The molecule has 5 nitrogen and oxygen atoms in total. The maximum absolute atomic E-state index is 12.4. The molecule has 0 bridgehead atoms. The number of carbonyl (C=O) groups excluding carboxylic acids is 2. The Morgan fingerprint density at radius 2 is 1.67 bits per heavy atom. The van der Waals surface area contributed by atoms with Gasteiger partial charge in [-0.2, -0.15) is 0 Å². The van der Waals surface area contributed by atoms with Crippen LogP contribution in [0.5, 0.6) is 0 Å². The first kappa shape index (κ1) is 17.1. The van der Waals surface area contributed by atoms with Gasteiger partial charge < -0.3 is 17.2 Å². The lowest BCUT2D eigenvalue weighted by Crippen LogP contribution is -2.60. The first-order chi connectivity index (χ1) is 8.43. The highest BCUT2D eigenvalue weighted by Gasteiger charge is 2.42. The van der Waals surface area contributed by atoms with Crippen LogP contribution in [0.2, 0.25) is 0 Å². The van der Waals surface area contributed by atoms with Crippen molar-refractivity contribution in [3.8, 4) is 0 Å². The minimum Gasteiger partial charge on any atom is -0.368 e. The number of primary amides is 1. The number of Topliss-reactive ketones (excluding diaryl/α,β-unsaturated/α-hetero) is 1. The Morgan fingerprint density at radius 3 is 2.00 bits per heavy atom. The van der Waals surface area contributed by atoms with Gasteiger partial charge in [0.05, 0.1) is 0 Å². The minimum atomic E-state index is -1.55. The summed E-state index contributed by atoms with van der Waals surface area (Å²) >= 11 is 0. The second kappa shape index (κ2) is 8.21.